The van der Waals surface area contributed by atoms with E-state index in [2.05, 4.69) is 6.58 Å². The molecule has 1 saturated carbocycles. The van der Waals surface area contributed by atoms with Crippen LogP contribution < -0.4 is 0 Å². The summed E-state index contributed by atoms with van der Waals surface area (Å²) in [7, 11) is 0. The quantitative estimate of drug-likeness (QED) is 0.239. The molecule has 3 aliphatic rings. The lowest BCUT2D eigenvalue weighted by molar-refractivity contribution is 0.358. The Kier molecular flexibility index (Phi) is 6.60. The Bertz CT molecular complexity index is 1150. The number of allylic oxidation sites excluding steroid dienone is 4. The van der Waals surface area contributed by atoms with Crippen LogP contribution in [-0.4, -0.2) is 12.7 Å². The van der Waals surface area contributed by atoms with Crippen molar-refractivity contribution in [1.82, 2.24) is 0 Å². The van der Waals surface area contributed by atoms with E-state index in [0.717, 1.165) is 43.2 Å². The SMILES string of the molecule is C=CC1CCC(c2ccc(/C=C/c3ccc(C4=CCC(C5CO5)C=C4F)cc3)c(F)c2F)CC1. The molecule has 0 N–H and O–H groups in total. The van der Waals surface area contributed by atoms with Crippen LogP contribution >= 0.6 is 0 Å². The second kappa shape index (κ2) is 9.79. The molecule has 0 aromatic heterocycles. The summed E-state index contributed by atoms with van der Waals surface area (Å²) in [5, 5.41) is 0. The van der Waals surface area contributed by atoms with Gasteiger partial charge in [-0.3, -0.25) is 0 Å². The molecule has 2 aromatic carbocycles. The van der Waals surface area contributed by atoms with Crippen LogP contribution in [0.4, 0.5) is 13.2 Å². The molecular weight excluding hydrogens is 433 g/mol. The van der Waals surface area contributed by atoms with Crippen LogP contribution in [0.1, 0.15) is 60.3 Å². The summed E-state index contributed by atoms with van der Waals surface area (Å²) in [6, 6.07) is 10.8. The molecule has 176 valence electrons. The number of rotatable bonds is 6. The molecule has 1 nitrogen and oxygen atoms in total. The summed E-state index contributed by atoms with van der Waals surface area (Å²) < 4.78 is 49.5. The van der Waals surface area contributed by atoms with Crippen molar-refractivity contribution in [3.63, 3.8) is 0 Å². The van der Waals surface area contributed by atoms with Crippen molar-refractivity contribution >= 4 is 17.7 Å². The van der Waals surface area contributed by atoms with Crippen LogP contribution in [0, 0.1) is 23.5 Å². The molecule has 0 amide bonds. The van der Waals surface area contributed by atoms with Gasteiger partial charge in [0.25, 0.3) is 0 Å². The number of ether oxygens (including phenoxy) is 1. The normalized spacial score (nSPS) is 26.8. The van der Waals surface area contributed by atoms with Gasteiger partial charge in [-0.2, -0.15) is 0 Å². The standard InChI is InChI=1S/C30H29F3O/c1-2-19-3-8-22(9-4-19)26-16-13-23(29(32)30(26)33)12-7-20-5-10-21(11-6-20)25-15-14-24(17-27(25)31)28-18-34-28/h2,5-7,10-13,15-17,19,22,24,28H,1,3-4,8-9,14,18H2/b12-7+. The first-order valence-corrected chi connectivity index (χ1v) is 12.1. The zero-order valence-electron chi connectivity index (χ0n) is 19.2. The number of benzene rings is 2. The first kappa shape index (κ1) is 22.9. The molecule has 5 rings (SSSR count). The minimum absolute atomic E-state index is 0.0619. The zero-order chi connectivity index (χ0) is 23.7. The lowest BCUT2D eigenvalue weighted by atomic mass is 9.78. The maximum Gasteiger partial charge on any atom is 0.166 e. The van der Waals surface area contributed by atoms with E-state index in [1.165, 1.54) is 0 Å². The van der Waals surface area contributed by atoms with Gasteiger partial charge >= 0.3 is 0 Å². The minimum atomic E-state index is -0.801. The predicted molar refractivity (Wildman–Crippen MR) is 132 cm³/mol. The third-order valence-corrected chi connectivity index (χ3v) is 7.41. The fourth-order valence-electron chi connectivity index (χ4n) is 5.16. The fraction of sp³-hybridized carbons (Fsp3) is 0.333. The Morgan fingerprint density at radius 1 is 0.882 bits per heavy atom. The summed E-state index contributed by atoms with van der Waals surface area (Å²) in [6.07, 6.45) is 13.5. The van der Waals surface area contributed by atoms with Crippen LogP contribution in [0.2, 0.25) is 0 Å². The molecule has 2 aromatic rings. The Labute approximate surface area is 199 Å². The second-order valence-electron chi connectivity index (χ2n) is 9.58. The van der Waals surface area contributed by atoms with Gasteiger partial charge in [-0.15, -0.1) is 6.58 Å². The number of halogens is 3. The van der Waals surface area contributed by atoms with Gasteiger partial charge in [0.15, 0.2) is 11.6 Å². The van der Waals surface area contributed by atoms with Crippen molar-refractivity contribution < 1.29 is 17.9 Å². The average Bonchev–Trinajstić information content (AvgIpc) is 3.71. The molecular formula is C30H29F3O. The van der Waals surface area contributed by atoms with Crippen molar-refractivity contribution in [3.05, 3.63) is 101 Å². The smallest absolute Gasteiger partial charge is 0.166 e. The highest BCUT2D eigenvalue weighted by Gasteiger charge is 2.33. The van der Waals surface area contributed by atoms with Crippen LogP contribution in [-0.2, 0) is 4.74 Å². The van der Waals surface area contributed by atoms with Gasteiger partial charge in [0.2, 0.25) is 0 Å². The number of epoxide rings is 1. The number of hydrogen-bond donors (Lipinski definition) is 0. The molecule has 2 fully saturated rings. The highest BCUT2D eigenvalue weighted by Crippen LogP contribution is 2.38. The van der Waals surface area contributed by atoms with Crippen LogP contribution in [0.25, 0.3) is 17.7 Å². The molecule has 0 spiro atoms. The zero-order valence-corrected chi connectivity index (χ0v) is 19.2. The van der Waals surface area contributed by atoms with Gasteiger partial charge in [0, 0.05) is 17.1 Å². The van der Waals surface area contributed by atoms with E-state index in [1.54, 1.807) is 30.4 Å². The van der Waals surface area contributed by atoms with Crippen LogP contribution in [0.5, 0.6) is 0 Å². The third kappa shape index (κ3) is 4.83. The van der Waals surface area contributed by atoms with Gasteiger partial charge in [-0.05, 0) is 66.7 Å². The van der Waals surface area contributed by atoms with Crippen LogP contribution in [0.15, 0.2) is 67.0 Å². The fourth-order valence-corrected chi connectivity index (χ4v) is 5.16. The Morgan fingerprint density at radius 3 is 2.26 bits per heavy atom. The van der Waals surface area contributed by atoms with Crippen molar-refractivity contribution in [3.8, 4) is 0 Å². The lowest BCUT2D eigenvalue weighted by Crippen LogP contribution is -2.13. The Balaban J connectivity index is 1.27. The summed E-state index contributed by atoms with van der Waals surface area (Å²) in [5.74, 6) is -1.09. The molecule has 2 aliphatic carbocycles. The topological polar surface area (TPSA) is 12.5 Å². The monoisotopic (exact) mass is 462 g/mol. The first-order valence-electron chi connectivity index (χ1n) is 12.1. The van der Waals surface area contributed by atoms with Crippen LogP contribution in [0.3, 0.4) is 0 Å². The third-order valence-electron chi connectivity index (χ3n) is 7.41. The van der Waals surface area contributed by atoms with E-state index in [1.807, 2.05) is 36.4 Å². The second-order valence-corrected chi connectivity index (χ2v) is 9.58. The van der Waals surface area contributed by atoms with Gasteiger partial charge in [0.05, 0.1) is 12.7 Å². The molecule has 0 bridgehead atoms. The first-order chi connectivity index (χ1) is 16.5. The molecule has 4 heteroatoms. The molecule has 2 unspecified atom stereocenters. The molecule has 1 aliphatic heterocycles. The summed E-state index contributed by atoms with van der Waals surface area (Å²) in [4.78, 5) is 0. The van der Waals surface area contributed by atoms with Gasteiger partial charge < -0.3 is 4.74 Å². The maximum atomic E-state index is 14.8. The lowest BCUT2D eigenvalue weighted by Gasteiger charge is -2.27. The molecule has 2 atom stereocenters. The van der Waals surface area contributed by atoms with Gasteiger partial charge in [0.1, 0.15) is 5.83 Å². The van der Waals surface area contributed by atoms with Gasteiger partial charge in [-0.25, -0.2) is 13.2 Å². The largest absolute Gasteiger partial charge is 0.372 e. The van der Waals surface area contributed by atoms with Crippen molar-refractivity contribution in [2.24, 2.45) is 11.8 Å². The Morgan fingerprint density at radius 2 is 1.62 bits per heavy atom. The number of hydrogen-bond acceptors (Lipinski definition) is 1. The molecule has 1 saturated heterocycles. The molecule has 1 heterocycles. The summed E-state index contributed by atoms with van der Waals surface area (Å²) in [5.41, 5.74) is 2.93. The van der Waals surface area contributed by atoms with Crippen molar-refractivity contribution in [2.45, 2.75) is 44.1 Å². The predicted octanol–water partition coefficient (Wildman–Crippen LogP) is 8.25. The van der Waals surface area contributed by atoms with E-state index in [-0.39, 0.29) is 29.3 Å². The highest BCUT2D eigenvalue weighted by atomic mass is 19.2. The summed E-state index contributed by atoms with van der Waals surface area (Å²) in [6.45, 7) is 4.56. The highest BCUT2D eigenvalue weighted by molar-refractivity contribution is 5.79. The Hall–Kier alpha value is -2.85. The summed E-state index contributed by atoms with van der Waals surface area (Å²) >= 11 is 0. The minimum Gasteiger partial charge on any atom is -0.372 e. The van der Waals surface area contributed by atoms with E-state index in [4.69, 9.17) is 4.74 Å². The van der Waals surface area contributed by atoms with Crippen molar-refractivity contribution in [2.75, 3.05) is 6.61 Å². The van der Waals surface area contributed by atoms with E-state index in [9.17, 15) is 13.2 Å². The van der Waals surface area contributed by atoms with Crippen molar-refractivity contribution in [1.29, 1.82) is 0 Å². The molecule has 0 radical (unpaired) electrons. The van der Waals surface area contributed by atoms with E-state index in [0.29, 0.717) is 23.7 Å². The van der Waals surface area contributed by atoms with E-state index < -0.39 is 11.6 Å². The average molecular weight is 463 g/mol. The maximum absolute atomic E-state index is 14.8. The van der Waals surface area contributed by atoms with E-state index >= 15 is 0 Å². The molecule has 34 heavy (non-hydrogen) atoms. The van der Waals surface area contributed by atoms with Gasteiger partial charge in [-0.1, -0.05) is 60.7 Å².